The highest BCUT2D eigenvalue weighted by atomic mass is 35.5. The van der Waals surface area contributed by atoms with Gasteiger partial charge < -0.3 is 14.6 Å². The molecule has 1 heterocycles. The monoisotopic (exact) mass is 268 g/mol. The molecular formula is C14H17ClO3. The van der Waals surface area contributed by atoms with Crippen molar-refractivity contribution in [2.75, 3.05) is 7.11 Å². The van der Waals surface area contributed by atoms with Gasteiger partial charge >= 0.3 is 0 Å². The molecule has 0 saturated heterocycles. The van der Waals surface area contributed by atoms with Crippen molar-refractivity contribution in [3.63, 3.8) is 0 Å². The van der Waals surface area contributed by atoms with E-state index >= 15 is 0 Å². The Morgan fingerprint density at radius 3 is 3.00 bits per heavy atom. The number of hydrogen-bond donors (Lipinski definition) is 1. The van der Waals surface area contributed by atoms with Crippen molar-refractivity contribution in [2.45, 2.75) is 37.9 Å². The molecule has 1 fully saturated rings. The van der Waals surface area contributed by atoms with E-state index in [0.717, 1.165) is 37.0 Å². The topological polar surface area (TPSA) is 38.7 Å². The first-order chi connectivity index (χ1) is 8.70. The summed E-state index contributed by atoms with van der Waals surface area (Å²) in [5, 5.41) is 10.1. The van der Waals surface area contributed by atoms with E-state index in [1.165, 1.54) is 0 Å². The van der Waals surface area contributed by atoms with Crippen molar-refractivity contribution in [3.8, 4) is 11.5 Å². The second kappa shape index (κ2) is 4.63. The van der Waals surface area contributed by atoms with E-state index in [1.807, 2.05) is 6.07 Å². The molecule has 0 bridgehead atoms. The van der Waals surface area contributed by atoms with Gasteiger partial charge in [-0.1, -0.05) is 11.6 Å². The van der Waals surface area contributed by atoms with Crippen LogP contribution in [-0.2, 0) is 11.2 Å². The lowest BCUT2D eigenvalue weighted by molar-refractivity contribution is -0.0438. The summed E-state index contributed by atoms with van der Waals surface area (Å²) in [6.45, 7) is 0. The zero-order chi connectivity index (χ0) is 12.7. The van der Waals surface area contributed by atoms with Crippen LogP contribution in [0.15, 0.2) is 12.1 Å². The molecule has 0 spiro atoms. The number of rotatable bonds is 1. The largest absolute Gasteiger partial charge is 0.506 e. The summed E-state index contributed by atoms with van der Waals surface area (Å²) in [6.07, 6.45) is 4.56. The van der Waals surface area contributed by atoms with Crippen LogP contribution >= 0.6 is 11.6 Å². The SMILES string of the molecule is CO[C@H]1CCC[C@H]2Oc3ccc(O)c(Cl)c3C[C@@H]12. The Hall–Kier alpha value is -0.930. The molecule has 3 atom stereocenters. The maximum Gasteiger partial charge on any atom is 0.134 e. The van der Waals surface area contributed by atoms with Crippen molar-refractivity contribution in [1.29, 1.82) is 0 Å². The third-order valence-electron chi connectivity index (χ3n) is 4.13. The minimum atomic E-state index is 0.127. The number of ether oxygens (including phenoxy) is 2. The molecule has 0 aromatic heterocycles. The summed E-state index contributed by atoms with van der Waals surface area (Å²) in [5.41, 5.74) is 0.918. The quantitative estimate of drug-likeness (QED) is 0.850. The van der Waals surface area contributed by atoms with Gasteiger partial charge in [-0.05, 0) is 37.8 Å². The summed E-state index contributed by atoms with van der Waals surface area (Å²) in [4.78, 5) is 0. The average Bonchev–Trinajstić information content (AvgIpc) is 2.41. The Kier molecular flexibility index (Phi) is 3.12. The van der Waals surface area contributed by atoms with Gasteiger partial charge in [0.05, 0.1) is 11.1 Å². The Morgan fingerprint density at radius 1 is 1.39 bits per heavy atom. The molecule has 0 amide bonds. The summed E-state index contributed by atoms with van der Waals surface area (Å²) in [7, 11) is 1.76. The highest BCUT2D eigenvalue weighted by molar-refractivity contribution is 6.33. The molecule has 1 aromatic carbocycles. The van der Waals surface area contributed by atoms with E-state index in [2.05, 4.69) is 0 Å². The third-order valence-corrected chi connectivity index (χ3v) is 4.55. The predicted molar refractivity (Wildman–Crippen MR) is 69.4 cm³/mol. The molecule has 98 valence electrons. The number of fused-ring (bicyclic) bond motifs is 2. The first-order valence-corrected chi connectivity index (χ1v) is 6.78. The number of methoxy groups -OCH3 is 1. The molecule has 0 radical (unpaired) electrons. The predicted octanol–water partition coefficient (Wildman–Crippen LogP) is 3.16. The lowest BCUT2D eigenvalue weighted by atomic mass is 9.78. The third kappa shape index (κ3) is 1.86. The van der Waals surface area contributed by atoms with Crippen molar-refractivity contribution in [2.24, 2.45) is 5.92 Å². The lowest BCUT2D eigenvalue weighted by Gasteiger charge is -2.41. The molecule has 3 nitrogen and oxygen atoms in total. The Balaban J connectivity index is 1.96. The van der Waals surface area contributed by atoms with E-state index in [9.17, 15) is 5.11 Å². The zero-order valence-electron chi connectivity index (χ0n) is 10.4. The molecule has 0 unspecified atom stereocenters. The summed E-state index contributed by atoms with van der Waals surface area (Å²) < 4.78 is 11.6. The number of phenolic OH excluding ortho intramolecular Hbond substituents is 1. The van der Waals surface area contributed by atoms with Crippen LogP contribution in [0.5, 0.6) is 11.5 Å². The van der Waals surface area contributed by atoms with Crippen molar-refractivity contribution < 1.29 is 14.6 Å². The van der Waals surface area contributed by atoms with Gasteiger partial charge in [0.2, 0.25) is 0 Å². The highest BCUT2D eigenvalue weighted by Gasteiger charge is 2.39. The van der Waals surface area contributed by atoms with Crippen molar-refractivity contribution in [1.82, 2.24) is 0 Å². The van der Waals surface area contributed by atoms with E-state index in [0.29, 0.717) is 10.9 Å². The first-order valence-electron chi connectivity index (χ1n) is 6.40. The standard InChI is InChI=1S/C14H17ClO3/c1-17-11-3-2-4-12-8(11)7-9-13(18-12)6-5-10(16)14(9)15/h5-6,8,11-12,16H,2-4,7H2,1H3/t8-,11-,12+/m0/s1. The molecule has 2 aliphatic rings. The Labute approximate surface area is 112 Å². The van der Waals surface area contributed by atoms with Crippen LogP contribution in [0.2, 0.25) is 5.02 Å². The van der Waals surface area contributed by atoms with Gasteiger partial charge in [-0.3, -0.25) is 0 Å². The van der Waals surface area contributed by atoms with Gasteiger partial charge in [-0.2, -0.15) is 0 Å². The van der Waals surface area contributed by atoms with Crippen LogP contribution in [0.3, 0.4) is 0 Å². The fourth-order valence-electron chi connectivity index (χ4n) is 3.18. The number of phenols is 1. The summed E-state index contributed by atoms with van der Waals surface area (Å²) in [6, 6.07) is 3.40. The Bertz CT molecular complexity index is 461. The lowest BCUT2D eigenvalue weighted by Crippen LogP contribution is -2.44. The normalized spacial score (nSPS) is 30.2. The van der Waals surface area contributed by atoms with Crippen LogP contribution in [0, 0.1) is 5.92 Å². The van der Waals surface area contributed by atoms with Crippen LogP contribution in [-0.4, -0.2) is 24.4 Å². The summed E-state index contributed by atoms with van der Waals surface area (Å²) in [5.74, 6) is 1.29. The second-order valence-electron chi connectivity index (χ2n) is 5.10. The average molecular weight is 269 g/mol. The molecule has 4 heteroatoms. The van der Waals surface area contributed by atoms with Crippen LogP contribution in [0.4, 0.5) is 0 Å². The minimum Gasteiger partial charge on any atom is -0.506 e. The molecule has 1 aliphatic carbocycles. The maximum atomic E-state index is 9.68. The number of benzene rings is 1. The van der Waals surface area contributed by atoms with E-state index < -0.39 is 0 Å². The molecular weight excluding hydrogens is 252 g/mol. The van der Waals surface area contributed by atoms with Crippen LogP contribution in [0.25, 0.3) is 0 Å². The van der Waals surface area contributed by atoms with Gasteiger partial charge in [0.1, 0.15) is 17.6 Å². The smallest absolute Gasteiger partial charge is 0.134 e. The fraction of sp³-hybridized carbons (Fsp3) is 0.571. The van der Waals surface area contributed by atoms with Crippen LogP contribution in [0.1, 0.15) is 24.8 Å². The second-order valence-corrected chi connectivity index (χ2v) is 5.48. The van der Waals surface area contributed by atoms with E-state index in [-0.39, 0.29) is 18.0 Å². The van der Waals surface area contributed by atoms with Gasteiger partial charge in [0.15, 0.2) is 0 Å². The van der Waals surface area contributed by atoms with Gasteiger partial charge in [0, 0.05) is 18.6 Å². The molecule has 1 saturated carbocycles. The first kappa shape index (κ1) is 12.1. The van der Waals surface area contributed by atoms with E-state index in [1.54, 1.807) is 13.2 Å². The maximum absolute atomic E-state index is 9.68. The minimum absolute atomic E-state index is 0.127. The molecule has 1 aliphatic heterocycles. The van der Waals surface area contributed by atoms with Crippen molar-refractivity contribution >= 4 is 11.6 Å². The van der Waals surface area contributed by atoms with Crippen LogP contribution < -0.4 is 4.74 Å². The zero-order valence-corrected chi connectivity index (χ0v) is 11.1. The van der Waals surface area contributed by atoms with Gasteiger partial charge in [0.25, 0.3) is 0 Å². The van der Waals surface area contributed by atoms with Gasteiger partial charge in [-0.15, -0.1) is 0 Å². The fourth-order valence-corrected chi connectivity index (χ4v) is 3.41. The van der Waals surface area contributed by atoms with Gasteiger partial charge in [-0.25, -0.2) is 0 Å². The molecule has 1 N–H and O–H groups in total. The van der Waals surface area contributed by atoms with Crippen molar-refractivity contribution in [3.05, 3.63) is 22.7 Å². The number of aromatic hydroxyl groups is 1. The molecule has 18 heavy (non-hydrogen) atoms. The molecule has 3 rings (SSSR count). The molecule has 1 aromatic rings. The van der Waals surface area contributed by atoms with E-state index in [4.69, 9.17) is 21.1 Å². The number of halogens is 1. The Morgan fingerprint density at radius 2 is 2.22 bits per heavy atom. The summed E-state index contributed by atoms with van der Waals surface area (Å²) >= 11 is 6.16. The highest BCUT2D eigenvalue weighted by Crippen LogP contribution is 2.44. The number of hydrogen-bond acceptors (Lipinski definition) is 3.